The minimum absolute atomic E-state index is 0.121. The van der Waals surface area contributed by atoms with E-state index in [1.165, 1.54) is 10.9 Å². The SMILES string of the molecule is O=C(Cn1cnc2ccccc2c1=O)N1CC[C@@H](Oc2cccc3ncccc23)[C@H](O)C1. The smallest absolute Gasteiger partial charge is 0.261 e. The van der Waals surface area contributed by atoms with Crippen LogP contribution in [0.15, 0.2) is 71.9 Å². The van der Waals surface area contributed by atoms with Crippen LogP contribution in [0, 0.1) is 0 Å². The van der Waals surface area contributed by atoms with Gasteiger partial charge >= 0.3 is 0 Å². The summed E-state index contributed by atoms with van der Waals surface area (Å²) in [4.78, 5) is 35.6. The first-order chi connectivity index (χ1) is 15.6. The van der Waals surface area contributed by atoms with E-state index < -0.39 is 12.2 Å². The van der Waals surface area contributed by atoms with Gasteiger partial charge in [-0.25, -0.2) is 4.98 Å². The average Bonchev–Trinajstić information content (AvgIpc) is 2.82. The van der Waals surface area contributed by atoms with Crippen LogP contribution in [-0.4, -0.2) is 55.7 Å². The molecule has 8 nitrogen and oxygen atoms in total. The lowest BCUT2D eigenvalue weighted by Gasteiger charge is -2.36. The van der Waals surface area contributed by atoms with Gasteiger partial charge < -0.3 is 14.7 Å². The van der Waals surface area contributed by atoms with E-state index in [-0.39, 0.29) is 24.6 Å². The molecule has 1 aliphatic heterocycles. The molecule has 162 valence electrons. The normalized spacial score (nSPS) is 18.7. The van der Waals surface area contributed by atoms with Crippen LogP contribution in [0.1, 0.15) is 6.42 Å². The molecule has 1 saturated heterocycles. The number of aliphatic hydroxyl groups is 1. The summed E-state index contributed by atoms with van der Waals surface area (Å²) in [5, 5.41) is 12.0. The number of hydrogen-bond acceptors (Lipinski definition) is 6. The van der Waals surface area contributed by atoms with Crippen molar-refractivity contribution in [1.82, 2.24) is 19.4 Å². The summed E-state index contributed by atoms with van der Waals surface area (Å²) >= 11 is 0. The fraction of sp³-hybridized carbons (Fsp3) is 0.250. The Hall–Kier alpha value is -3.78. The zero-order valence-electron chi connectivity index (χ0n) is 17.3. The minimum atomic E-state index is -0.842. The number of likely N-dealkylation sites (tertiary alicyclic amines) is 1. The van der Waals surface area contributed by atoms with E-state index in [0.29, 0.717) is 29.6 Å². The quantitative estimate of drug-likeness (QED) is 0.532. The molecule has 1 fully saturated rings. The number of piperidine rings is 1. The van der Waals surface area contributed by atoms with Gasteiger partial charge in [-0.05, 0) is 36.4 Å². The molecule has 0 saturated carbocycles. The number of nitrogens with zero attached hydrogens (tertiary/aromatic N) is 4. The summed E-state index contributed by atoms with van der Waals surface area (Å²) in [6.45, 7) is 0.450. The Balaban J connectivity index is 1.27. The Morgan fingerprint density at radius 1 is 1.03 bits per heavy atom. The topological polar surface area (TPSA) is 97.6 Å². The fourth-order valence-corrected chi connectivity index (χ4v) is 4.08. The third-order valence-corrected chi connectivity index (χ3v) is 5.79. The molecule has 32 heavy (non-hydrogen) atoms. The number of aromatic nitrogens is 3. The highest BCUT2D eigenvalue weighted by atomic mass is 16.5. The standard InChI is InChI=1S/C24H22N4O4/c29-20-13-27(23(30)14-28-15-26-19-7-2-1-5-17(19)24(28)31)12-10-22(20)32-21-9-3-8-18-16(21)6-4-11-25-18/h1-9,11,15,20,22,29H,10,12-14H2/t20-,22-/m1/s1. The van der Waals surface area contributed by atoms with Crippen LogP contribution in [-0.2, 0) is 11.3 Å². The molecule has 0 unspecified atom stereocenters. The number of aliphatic hydroxyl groups excluding tert-OH is 1. The van der Waals surface area contributed by atoms with Gasteiger partial charge in [-0.2, -0.15) is 0 Å². The minimum Gasteiger partial charge on any atom is -0.487 e. The van der Waals surface area contributed by atoms with Crippen LogP contribution in [0.25, 0.3) is 21.8 Å². The number of β-amino-alcohol motifs (C(OH)–C–C–N with tert-alkyl or cyclic N) is 1. The van der Waals surface area contributed by atoms with Gasteiger partial charge in [-0.1, -0.05) is 18.2 Å². The van der Waals surface area contributed by atoms with Crippen molar-refractivity contribution in [2.45, 2.75) is 25.2 Å². The van der Waals surface area contributed by atoms with Crippen molar-refractivity contribution in [1.29, 1.82) is 0 Å². The molecule has 1 amide bonds. The molecule has 1 aliphatic rings. The number of pyridine rings is 1. The van der Waals surface area contributed by atoms with E-state index in [4.69, 9.17) is 4.74 Å². The molecule has 0 spiro atoms. The van der Waals surface area contributed by atoms with Crippen molar-refractivity contribution in [2.24, 2.45) is 0 Å². The molecule has 1 N–H and O–H groups in total. The van der Waals surface area contributed by atoms with Crippen molar-refractivity contribution in [2.75, 3.05) is 13.1 Å². The summed E-state index contributed by atoms with van der Waals surface area (Å²) in [5.74, 6) is 0.421. The highest BCUT2D eigenvalue weighted by Crippen LogP contribution is 2.27. The molecular formula is C24H22N4O4. The van der Waals surface area contributed by atoms with Crippen LogP contribution in [0.3, 0.4) is 0 Å². The zero-order valence-corrected chi connectivity index (χ0v) is 17.3. The lowest BCUT2D eigenvalue weighted by Crippen LogP contribution is -2.52. The predicted molar refractivity (Wildman–Crippen MR) is 119 cm³/mol. The van der Waals surface area contributed by atoms with Crippen LogP contribution in [0.5, 0.6) is 5.75 Å². The van der Waals surface area contributed by atoms with Crippen molar-refractivity contribution in [3.8, 4) is 5.75 Å². The lowest BCUT2D eigenvalue weighted by atomic mass is 10.0. The molecule has 4 aromatic rings. The highest BCUT2D eigenvalue weighted by molar-refractivity contribution is 5.84. The zero-order chi connectivity index (χ0) is 22.1. The van der Waals surface area contributed by atoms with Crippen LogP contribution in [0.2, 0.25) is 0 Å². The molecule has 2 aromatic carbocycles. The molecule has 3 heterocycles. The summed E-state index contributed by atoms with van der Waals surface area (Å²) in [6.07, 6.45) is 2.32. The first-order valence-corrected chi connectivity index (χ1v) is 10.5. The second kappa shape index (κ2) is 8.39. The van der Waals surface area contributed by atoms with E-state index in [1.54, 1.807) is 29.3 Å². The number of carbonyl (C=O) groups is 1. The molecule has 5 rings (SSSR count). The highest BCUT2D eigenvalue weighted by Gasteiger charge is 2.32. The number of amides is 1. The largest absolute Gasteiger partial charge is 0.487 e. The van der Waals surface area contributed by atoms with Crippen LogP contribution >= 0.6 is 0 Å². The molecule has 2 atom stereocenters. The van der Waals surface area contributed by atoms with Gasteiger partial charge in [0.05, 0.1) is 29.3 Å². The van der Waals surface area contributed by atoms with E-state index in [2.05, 4.69) is 9.97 Å². The molecule has 8 heteroatoms. The van der Waals surface area contributed by atoms with Crippen molar-refractivity contribution < 1.29 is 14.6 Å². The first kappa shape index (κ1) is 20.1. The second-order valence-electron chi connectivity index (χ2n) is 7.87. The van der Waals surface area contributed by atoms with E-state index in [1.807, 2.05) is 36.4 Å². The van der Waals surface area contributed by atoms with Gasteiger partial charge in [0.2, 0.25) is 5.91 Å². The Labute approximate surface area is 183 Å². The number of carbonyl (C=O) groups excluding carboxylic acids is 1. The van der Waals surface area contributed by atoms with Gasteiger partial charge in [-0.15, -0.1) is 0 Å². The summed E-state index contributed by atoms with van der Waals surface area (Å²) in [7, 11) is 0. The predicted octanol–water partition coefficient (Wildman–Crippen LogP) is 1.99. The molecule has 0 aliphatic carbocycles. The molecule has 0 radical (unpaired) electrons. The second-order valence-corrected chi connectivity index (χ2v) is 7.87. The van der Waals surface area contributed by atoms with Crippen LogP contribution in [0.4, 0.5) is 0 Å². The Kier molecular flexibility index (Phi) is 5.28. The van der Waals surface area contributed by atoms with E-state index in [9.17, 15) is 14.7 Å². The van der Waals surface area contributed by atoms with Gasteiger partial charge in [0.1, 0.15) is 24.5 Å². The molecular weight excluding hydrogens is 408 g/mol. The van der Waals surface area contributed by atoms with Crippen molar-refractivity contribution in [3.05, 3.63) is 77.5 Å². The van der Waals surface area contributed by atoms with E-state index in [0.717, 1.165) is 10.9 Å². The third-order valence-electron chi connectivity index (χ3n) is 5.79. The van der Waals surface area contributed by atoms with Gasteiger partial charge in [0, 0.05) is 24.5 Å². The molecule has 2 aromatic heterocycles. The number of ether oxygens (including phenoxy) is 1. The van der Waals surface area contributed by atoms with E-state index >= 15 is 0 Å². The molecule has 0 bridgehead atoms. The maximum atomic E-state index is 12.8. The number of hydrogen-bond donors (Lipinski definition) is 1. The third kappa shape index (κ3) is 3.80. The fourth-order valence-electron chi connectivity index (χ4n) is 4.08. The first-order valence-electron chi connectivity index (χ1n) is 10.5. The maximum Gasteiger partial charge on any atom is 0.261 e. The number of benzene rings is 2. The van der Waals surface area contributed by atoms with Crippen LogP contribution < -0.4 is 10.3 Å². The number of para-hydroxylation sites is 1. The van der Waals surface area contributed by atoms with Crippen molar-refractivity contribution in [3.63, 3.8) is 0 Å². The Morgan fingerprint density at radius 3 is 2.69 bits per heavy atom. The van der Waals surface area contributed by atoms with Gasteiger partial charge in [0.15, 0.2) is 0 Å². The average molecular weight is 430 g/mol. The Bertz CT molecular complexity index is 1350. The monoisotopic (exact) mass is 430 g/mol. The Morgan fingerprint density at radius 2 is 1.81 bits per heavy atom. The number of rotatable bonds is 4. The van der Waals surface area contributed by atoms with Gasteiger partial charge in [-0.3, -0.25) is 19.1 Å². The lowest BCUT2D eigenvalue weighted by molar-refractivity contribution is -0.137. The summed E-state index contributed by atoms with van der Waals surface area (Å²) in [5.41, 5.74) is 1.16. The number of fused-ring (bicyclic) bond motifs is 2. The van der Waals surface area contributed by atoms with Crippen molar-refractivity contribution >= 4 is 27.7 Å². The van der Waals surface area contributed by atoms with Gasteiger partial charge in [0.25, 0.3) is 5.56 Å². The summed E-state index contributed by atoms with van der Waals surface area (Å²) in [6, 6.07) is 16.4. The maximum absolute atomic E-state index is 12.8. The summed E-state index contributed by atoms with van der Waals surface area (Å²) < 4.78 is 7.41.